The van der Waals surface area contributed by atoms with Crippen LogP contribution in [0.2, 0.25) is 0 Å². The minimum absolute atomic E-state index is 0.0351. The molecule has 0 aliphatic rings. The third kappa shape index (κ3) is 5.14. The molecule has 0 unspecified atom stereocenters. The van der Waals surface area contributed by atoms with Gasteiger partial charge in [-0.1, -0.05) is 0 Å². The van der Waals surface area contributed by atoms with Crippen molar-refractivity contribution in [2.75, 3.05) is 6.54 Å². The molecule has 3 nitrogen and oxygen atoms in total. The van der Waals surface area contributed by atoms with Crippen LogP contribution < -0.4 is 5.32 Å². The highest BCUT2D eigenvalue weighted by Crippen LogP contribution is 1.57. The molecule has 0 aliphatic carbocycles. The Labute approximate surface area is 41.7 Å². The lowest BCUT2D eigenvalue weighted by molar-refractivity contribution is -0.118. The first kappa shape index (κ1) is 6.14. The Bertz CT molecular complexity index is 79.8. The Hall–Kier alpha value is -0.860. The summed E-state index contributed by atoms with van der Waals surface area (Å²) in [6, 6.07) is 0. The van der Waals surface area contributed by atoms with E-state index in [4.69, 9.17) is 0 Å². The van der Waals surface area contributed by atoms with E-state index < -0.39 is 0 Å². The largest absolute Gasteiger partial charge is 0.352 e. The molecule has 0 spiro atoms. The average Bonchev–Trinajstić information content (AvgIpc) is 1.61. The molecule has 40 valence electrons. The lowest BCUT2D eigenvalue weighted by Crippen LogP contribution is -2.18. The van der Waals surface area contributed by atoms with Gasteiger partial charge in [-0.2, -0.15) is 0 Å². The summed E-state index contributed by atoms with van der Waals surface area (Å²) < 4.78 is 0. The molecule has 0 heterocycles. The number of rotatable bonds is 3. The predicted octanol–water partition coefficient (Wildman–Crippen LogP) is -0.679. The van der Waals surface area contributed by atoms with Gasteiger partial charge in [0.1, 0.15) is 5.78 Å². The first-order chi connectivity index (χ1) is 3.27. The summed E-state index contributed by atoms with van der Waals surface area (Å²) in [5.74, 6) is -0.0351. The fourth-order valence-electron chi connectivity index (χ4n) is 0.185. The summed E-state index contributed by atoms with van der Waals surface area (Å²) in [6.45, 7) is 1.56. The summed E-state index contributed by atoms with van der Waals surface area (Å²) in [5.41, 5.74) is 0. The number of ketones is 1. The van der Waals surface area contributed by atoms with Gasteiger partial charge >= 0.3 is 0 Å². The van der Waals surface area contributed by atoms with E-state index in [1.165, 1.54) is 6.92 Å². The smallest absolute Gasteiger partial charge is 0.207 e. The molecule has 1 amide bonds. The second-order valence-electron chi connectivity index (χ2n) is 1.20. The van der Waals surface area contributed by atoms with Gasteiger partial charge in [0.15, 0.2) is 0 Å². The van der Waals surface area contributed by atoms with Gasteiger partial charge in [-0.15, -0.1) is 0 Å². The van der Waals surface area contributed by atoms with E-state index in [2.05, 4.69) is 5.32 Å². The fraction of sp³-hybridized carbons (Fsp3) is 0.500. The first-order valence-electron chi connectivity index (χ1n) is 1.94. The zero-order valence-corrected chi connectivity index (χ0v) is 4.10. The number of amides is 1. The summed E-state index contributed by atoms with van der Waals surface area (Å²) in [4.78, 5) is 19.4. The van der Waals surface area contributed by atoms with Crippen LogP contribution in [-0.2, 0) is 9.59 Å². The van der Waals surface area contributed by atoms with Crippen LogP contribution in [0.1, 0.15) is 6.92 Å². The Morgan fingerprint density at radius 2 is 2.43 bits per heavy atom. The zero-order valence-electron chi connectivity index (χ0n) is 4.10. The number of carbonyl (C=O) groups is 2. The van der Waals surface area contributed by atoms with Crippen LogP contribution in [0, 0.1) is 0 Å². The van der Waals surface area contributed by atoms with Crippen molar-refractivity contribution in [3.63, 3.8) is 0 Å². The molecule has 7 heavy (non-hydrogen) atoms. The molecule has 0 bridgehead atoms. The van der Waals surface area contributed by atoms with Gasteiger partial charge in [0.25, 0.3) is 0 Å². The van der Waals surface area contributed by atoms with Crippen molar-refractivity contribution in [2.45, 2.75) is 6.92 Å². The number of hydrogen-bond acceptors (Lipinski definition) is 2. The molecule has 0 radical (unpaired) electrons. The van der Waals surface area contributed by atoms with Crippen molar-refractivity contribution >= 4 is 12.2 Å². The Balaban J connectivity index is 2.97. The van der Waals surface area contributed by atoms with Crippen molar-refractivity contribution < 1.29 is 9.59 Å². The molecule has 3 heteroatoms. The highest BCUT2D eigenvalue weighted by Gasteiger charge is 1.84. The number of carbonyl (C=O) groups excluding carboxylic acids is 2. The standard InChI is InChI=1S/C4H7NO2/c1-4(7)2-5-3-6/h3H,2H2,1H3,(H,5,6). The molecule has 0 saturated carbocycles. The second kappa shape index (κ2) is 3.33. The van der Waals surface area contributed by atoms with Gasteiger partial charge in [-0.05, 0) is 6.92 Å². The van der Waals surface area contributed by atoms with Crippen LogP contribution in [0.15, 0.2) is 0 Å². The molecule has 1 N–H and O–H groups in total. The number of hydrogen-bond donors (Lipinski definition) is 1. The van der Waals surface area contributed by atoms with Crippen LogP contribution >= 0.6 is 0 Å². The van der Waals surface area contributed by atoms with E-state index in [-0.39, 0.29) is 12.3 Å². The molecule has 0 aromatic carbocycles. The Morgan fingerprint density at radius 3 is 2.57 bits per heavy atom. The summed E-state index contributed by atoms with van der Waals surface area (Å²) >= 11 is 0. The molecule has 0 aliphatic heterocycles. The first-order valence-corrected chi connectivity index (χ1v) is 1.94. The molecule has 0 aromatic rings. The second-order valence-corrected chi connectivity index (χ2v) is 1.20. The zero-order chi connectivity index (χ0) is 5.70. The van der Waals surface area contributed by atoms with Crippen LogP contribution in [0.5, 0.6) is 0 Å². The quantitative estimate of drug-likeness (QED) is 0.479. The minimum Gasteiger partial charge on any atom is -0.352 e. The van der Waals surface area contributed by atoms with Gasteiger partial charge < -0.3 is 5.32 Å². The van der Waals surface area contributed by atoms with Gasteiger partial charge in [-0.3, -0.25) is 9.59 Å². The van der Waals surface area contributed by atoms with E-state index >= 15 is 0 Å². The highest BCUT2D eigenvalue weighted by molar-refractivity contribution is 5.79. The van der Waals surface area contributed by atoms with Gasteiger partial charge in [0, 0.05) is 0 Å². The Kier molecular flexibility index (Phi) is 2.92. The van der Waals surface area contributed by atoms with E-state index in [0.29, 0.717) is 6.41 Å². The van der Waals surface area contributed by atoms with Crippen molar-refractivity contribution in [3.8, 4) is 0 Å². The van der Waals surface area contributed by atoms with Crippen molar-refractivity contribution in [1.82, 2.24) is 5.32 Å². The molecule has 0 fully saturated rings. The third-order valence-corrected chi connectivity index (χ3v) is 0.434. The maximum absolute atomic E-state index is 9.98. The van der Waals surface area contributed by atoms with Crippen LogP contribution in [-0.4, -0.2) is 18.7 Å². The third-order valence-electron chi connectivity index (χ3n) is 0.434. The summed E-state index contributed by atoms with van der Waals surface area (Å²) in [5, 5.41) is 2.22. The summed E-state index contributed by atoms with van der Waals surface area (Å²) in [7, 11) is 0. The average molecular weight is 101 g/mol. The Morgan fingerprint density at radius 1 is 1.86 bits per heavy atom. The van der Waals surface area contributed by atoms with Crippen LogP contribution in [0.25, 0.3) is 0 Å². The van der Waals surface area contributed by atoms with E-state index in [0.717, 1.165) is 0 Å². The van der Waals surface area contributed by atoms with E-state index in [9.17, 15) is 9.59 Å². The maximum Gasteiger partial charge on any atom is 0.207 e. The maximum atomic E-state index is 9.98. The number of nitrogens with one attached hydrogen (secondary N) is 1. The number of Topliss-reactive ketones (excluding diaryl/α,β-unsaturated/α-hetero) is 1. The van der Waals surface area contributed by atoms with E-state index in [1.54, 1.807) is 0 Å². The topological polar surface area (TPSA) is 46.2 Å². The molecule has 0 aromatic heterocycles. The van der Waals surface area contributed by atoms with Gasteiger partial charge in [0.05, 0.1) is 6.54 Å². The highest BCUT2D eigenvalue weighted by atomic mass is 16.1. The predicted molar refractivity (Wildman–Crippen MR) is 24.7 cm³/mol. The van der Waals surface area contributed by atoms with Crippen LogP contribution in [0.4, 0.5) is 0 Å². The van der Waals surface area contributed by atoms with Crippen molar-refractivity contribution in [2.24, 2.45) is 0 Å². The minimum atomic E-state index is -0.0351. The summed E-state index contributed by atoms with van der Waals surface area (Å²) in [6.07, 6.45) is 0.501. The normalized spacial score (nSPS) is 7.57. The van der Waals surface area contributed by atoms with Gasteiger partial charge in [-0.25, -0.2) is 0 Å². The van der Waals surface area contributed by atoms with Crippen molar-refractivity contribution in [3.05, 3.63) is 0 Å². The molecular formula is C4H7NO2. The SMILES string of the molecule is CC(=O)CNC=O. The molecule has 0 saturated heterocycles. The van der Waals surface area contributed by atoms with E-state index in [1.807, 2.05) is 0 Å². The van der Waals surface area contributed by atoms with Crippen LogP contribution in [0.3, 0.4) is 0 Å². The molecule has 0 rings (SSSR count). The molecule has 0 atom stereocenters. The fourth-order valence-corrected chi connectivity index (χ4v) is 0.185. The monoisotopic (exact) mass is 101 g/mol. The molecular weight excluding hydrogens is 94.0 g/mol. The van der Waals surface area contributed by atoms with Gasteiger partial charge in [0.2, 0.25) is 6.41 Å². The lowest BCUT2D eigenvalue weighted by Gasteiger charge is -1.86. The van der Waals surface area contributed by atoms with Crippen molar-refractivity contribution in [1.29, 1.82) is 0 Å². The lowest BCUT2D eigenvalue weighted by atomic mass is 10.5.